The zero-order valence-corrected chi connectivity index (χ0v) is 15.8. The maximum atomic E-state index is 13.3. The molecule has 1 heterocycles. The maximum Gasteiger partial charge on any atom is 0.269 e. The number of non-ortho nitro benzene ring substituents is 1. The first-order valence-corrected chi connectivity index (χ1v) is 8.97. The summed E-state index contributed by atoms with van der Waals surface area (Å²) in [4.78, 5) is 25.6. The minimum Gasteiger partial charge on any atom is -0.351 e. The SMILES string of the molecule is CCN1C(=S)NC(c2ccc([N+](=O)[O-])cc2)C(C(=O)c2ccccc2)=C1C. The molecule has 1 unspecified atom stereocenters. The summed E-state index contributed by atoms with van der Waals surface area (Å²) in [6, 6.07) is 14.8. The molecule has 1 atom stereocenters. The van der Waals surface area contributed by atoms with Crippen molar-refractivity contribution in [2.75, 3.05) is 6.54 Å². The van der Waals surface area contributed by atoms with E-state index in [1.807, 2.05) is 36.9 Å². The van der Waals surface area contributed by atoms with Gasteiger partial charge >= 0.3 is 0 Å². The molecule has 0 aliphatic carbocycles. The highest BCUT2D eigenvalue weighted by molar-refractivity contribution is 7.80. The van der Waals surface area contributed by atoms with Gasteiger partial charge in [-0.25, -0.2) is 0 Å². The van der Waals surface area contributed by atoms with E-state index in [2.05, 4.69) is 5.32 Å². The molecule has 0 radical (unpaired) electrons. The smallest absolute Gasteiger partial charge is 0.269 e. The summed E-state index contributed by atoms with van der Waals surface area (Å²) in [5, 5.41) is 14.7. The van der Waals surface area contributed by atoms with Gasteiger partial charge in [-0.3, -0.25) is 14.9 Å². The molecule has 3 rings (SSSR count). The number of hydrogen-bond donors (Lipinski definition) is 1. The Morgan fingerprint density at radius 1 is 1.19 bits per heavy atom. The highest BCUT2D eigenvalue weighted by Crippen LogP contribution is 2.33. The van der Waals surface area contributed by atoms with Gasteiger partial charge in [0.2, 0.25) is 0 Å². The van der Waals surface area contributed by atoms with Crippen molar-refractivity contribution in [1.82, 2.24) is 10.2 Å². The van der Waals surface area contributed by atoms with Crippen LogP contribution in [0, 0.1) is 10.1 Å². The van der Waals surface area contributed by atoms with Crippen molar-refractivity contribution in [3.05, 3.63) is 87.1 Å². The molecule has 2 aromatic carbocycles. The molecule has 6 nitrogen and oxygen atoms in total. The predicted octanol–water partition coefficient (Wildman–Crippen LogP) is 4.00. The Bertz CT molecular complexity index is 923. The van der Waals surface area contributed by atoms with Gasteiger partial charge in [-0.1, -0.05) is 30.3 Å². The van der Waals surface area contributed by atoms with Crippen molar-refractivity contribution in [1.29, 1.82) is 0 Å². The first-order chi connectivity index (χ1) is 12.9. The number of rotatable bonds is 5. The first kappa shape index (κ1) is 18.7. The fourth-order valence-electron chi connectivity index (χ4n) is 3.24. The number of benzene rings is 2. The van der Waals surface area contributed by atoms with E-state index >= 15 is 0 Å². The summed E-state index contributed by atoms with van der Waals surface area (Å²) in [7, 11) is 0. The zero-order chi connectivity index (χ0) is 19.6. The molecule has 138 valence electrons. The van der Waals surface area contributed by atoms with Crippen LogP contribution in [0.5, 0.6) is 0 Å². The molecule has 27 heavy (non-hydrogen) atoms. The van der Waals surface area contributed by atoms with E-state index in [9.17, 15) is 14.9 Å². The van der Waals surface area contributed by atoms with E-state index in [0.29, 0.717) is 22.8 Å². The van der Waals surface area contributed by atoms with E-state index in [4.69, 9.17) is 12.2 Å². The van der Waals surface area contributed by atoms with E-state index in [1.54, 1.807) is 24.3 Å². The lowest BCUT2D eigenvalue weighted by molar-refractivity contribution is -0.384. The van der Waals surface area contributed by atoms with Gasteiger partial charge < -0.3 is 10.2 Å². The van der Waals surface area contributed by atoms with E-state index < -0.39 is 11.0 Å². The van der Waals surface area contributed by atoms with Crippen LogP contribution in [0.15, 0.2) is 65.9 Å². The van der Waals surface area contributed by atoms with Gasteiger partial charge in [-0.05, 0) is 43.8 Å². The van der Waals surface area contributed by atoms with Crippen LogP contribution in [0.2, 0.25) is 0 Å². The number of nitrogens with one attached hydrogen (secondary N) is 1. The van der Waals surface area contributed by atoms with Gasteiger partial charge in [-0.2, -0.15) is 0 Å². The number of ketones is 1. The molecule has 0 fully saturated rings. The Labute approximate surface area is 162 Å². The molecule has 0 aromatic heterocycles. The predicted molar refractivity (Wildman–Crippen MR) is 107 cm³/mol. The molecule has 1 aliphatic heterocycles. The molecule has 0 bridgehead atoms. The maximum absolute atomic E-state index is 13.3. The van der Waals surface area contributed by atoms with Crippen LogP contribution in [0.25, 0.3) is 0 Å². The fraction of sp³-hybridized carbons (Fsp3) is 0.200. The first-order valence-electron chi connectivity index (χ1n) is 8.57. The summed E-state index contributed by atoms with van der Waals surface area (Å²) in [5.74, 6) is -0.0927. The number of Topliss-reactive ketones (excluding diaryl/α,β-unsaturated/α-hetero) is 1. The lowest BCUT2D eigenvalue weighted by atomic mass is 9.89. The number of nitro groups is 1. The third kappa shape index (κ3) is 3.59. The number of nitro benzene ring substituents is 1. The molecule has 1 aliphatic rings. The third-order valence-electron chi connectivity index (χ3n) is 4.63. The normalized spacial score (nSPS) is 16.9. The van der Waals surface area contributed by atoms with Crippen molar-refractivity contribution in [3.8, 4) is 0 Å². The van der Waals surface area contributed by atoms with Gasteiger partial charge in [0.1, 0.15) is 0 Å². The van der Waals surface area contributed by atoms with Crippen molar-refractivity contribution in [2.24, 2.45) is 0 Å². The Hall–Kier alpha value is -3.06. The number of thiocarbonyl (C=S) groups is 1. The average molecular weight is 381 g/mol. The zero-order valence-electron chi connectivity index (χ0n) is 15.0. The van der Waals surface area contributed by atoms with Crippen molar-refractivity contribution < 1.29 is 9.72 Å². The van der Waals surface area contributed by atoms with Crippen LogP contribution in [0.4, 0.5) is 5.69 Å². The monoisotopic (exact) mass is 381 g/mol. The topological polar surface area (TPSA) is 75.5 Å². The average Bonchev–Trinajstić information content (AvgIpc) is 2.68. The lowest BCUT2D eigenvalue weighted by Gasteiger charge is -2.37. The Kier molecular flexibility index (Phi) is 5.32. The van der Waals surface area contributed by atoms with Crippen LogP contribution in [-0.4, -0.2) is 27.3 Å². The van der Waals surface area contributed by atoms with Crippen LogP contribution in [0.1, 0.15) is 35.8 Å². The standard InChI is InChI=1S/C20H19N3O3S/c1-3-22-13(2)17(19(24)15-7-5-4-6-8-15)18(21-20(22)27)14-9-11-16(12-10-14)23(25)26/h4-12,18H,3H2,1-2H3,(H,21,27). The summed E-state index contributed by atoms with van der Waals surface area (Å²) < 4.78 is 0. The Morgan fingerprint density at radius 2 is 1.81 bits per heavy atom. The second-order valence-corrected chi connectivity index (χ2v) is 6.56. The Balaban J connectivity index is 2.10. The molecule has 0 spiro atoms. The molecular formula is C20H19N3O3S. The molecular weight excluding hydrogens is 362 g/mol. The number of hydrogen-bond acceptors (Lipinski definition) is 4. The van der Waals surface area contributed by atoms with Gasteiger partial charge in [0.15, 0.2) is 10.9 Å². The highest BCUT2D eigenvalue weighted by Gasteiger charge is 2.33. The number of carbonyl (C=O) groups excluding carboxylic acids is 1. The number of allylic oxidation sites excluding steroid dienone is 1. The summed E-state index contributed by atoms with van der Waals surface area (Å²) in [5.41, 5.74) is 2.72. The number of nitrogens with zero attached hydrogens (tertiary/aromatic N) is 2. The highest BCUT2D eigenvalue weighted by atomic mass is 32.1. The van der Waals surface area contributed by atoms with E-state index in [1.165, 1.54) is 12.1 Å². The second-order valence-electron chi connectivity index (χ2n) is 6.17. The van der Waals surface area contributed by atoms with Gasteiger partial charge in [0.05, 0.1) is 11.0 Å². The minimum absolute atomic E-state index is 0.00366. The van der Waals surface area contributed by atoms with Crippen molar-refractivity contribution in [2.45, 2.75) is 19.9 Å². The van der Waals surface area contributed by atoms with E-state index in [0.717, 1.165) is 11.3 Å². The molecule has 0 saturated heterocycles. The fourth-order valence-corrected chi connectivity index (χ4v) is 3.62. The van der Waals surface area contributed by atoms with Crippen LogP contribution < -0.4 is 5.32 Å². The van der Waals surface area contributed by atoms with Gasteiger partial charge in [0.25, 0.3) is 5.69 Å². The van der Waals surface area contributed by atoms with Crippen LogP contribution in [0.3, 0.4) is 0 Å². The quantitative estimate of drug-likeness (QED) is 0.365. The van der Waals surface area contributed by atoms with Crippen LogP contribution >= 0.6 is 12.2 Å². The second kappa shape index (κ2) is 7.67. The van der Waals surface area contributed by atoms with Crippen molar-refractivity contribution in [3.63, 3.8) is 0 Å². The lowest BCUT2D eigenvalue weighted by Crippen LogP contribution is -2.47. The van der Waals surface area contributed by atoms with Crippen molar-refractivity contribution >= 4 is 28.8 Å². The van der Waals surface area contributed by atoms with Gasteiger partial charge in [0, 0.05) is 35.5 Å². The summed E-state index contributed by atoms with van der Waals surface area (Å²) in [6.07, 6.45) is 0. The van der Waals surface area contributed by atoms with E-state index in [-0.39, 0.29) is 11.5 Å². The molecule has 1 N–H and O–H groups in total. The number of carbonyl (C=O) groups is 1. The third-order valence-corrected chi connectivity index (χ3v) is 4.97. The molecule has 0 saturated carbocycles. The minimum atomic E-state index is -0.464. The van der Waals surface area contributed by atoms with Gasteiger partial charge in [-0.15, -0.1) is 0 Å². The largest absolute Gasteiger partial charge is 0.351 e. The summed E-state index contributed by atoms with van der Waals surface area (Å²) >= 11 is 5.47. The molecule has 7 heteroatoms. The Morgan fingerprint density at radius 3 is 2.37 bits per heavy atom. The van der Waals surface area contributed by atoms with Crippen LogP contribution in [-0.2, 0) is 0 Å². The molecule has 2 aromatic rings. The molecule has 0 amide bonds. The summed E-state index contributed by atoms with van der Waals surface area (Å²) in [6.45, 7) is 4.48.